The summed E-state index contributed by atoms with van der Waals surface area (Å²) in [7, 11) is 3.55. The van der Waals surface area contributed by atoms with Gasteiger partial charge >= 0.3 is 0 Å². The molecule has 2 aromatic rings. The number of fused-ring (bicyclic) bond motifs is 1. The molecule has 1 aliphatic rings. The monoisotopic (exact) mass is 329 g/mol. The van der Waals surface area contributed by atoms with Crippen molar-refractivity contribution in [2.75, 3.05) is 47.0 Å². The van der Waals surface area contributed by atoms with Gasteiger partial charge in [0.15, 0.2) is 6.54 Å². The second-order valence-corrected chi connectivity index (χ2v) is 6.34. The first-order valence-corrected chi connectivity index (χ1v) is 8.37. The van der Waals surface area contributed by atoms with Crippen LogP contribution in [-0.4, -0.2) is 57.8 Å². The fraction of sp³-hybridized carbons (Fsp3) is 0.421. The zero-order chi connectivity index (χ0) is 16.9. The Morgan fingerprint density at radius 3 is 2.62 bits per heavy atom. The van der Waals surface area contributed by atoms with Crippen molar-refractivity contribution < 1.29 is 19.2 Å². The third kappa shape index (κ3) is 4.04. The highest BCUT2D eigenvalue weighted by atomic mass is 16.5. The van der Waals surface area contributed by atoms with Crippen molar-refractivity contribution >= 4 is 16.7 Å². The Morgan fingerprint density at radius 2 is 1.88 bits per heavy atom. The number of nitrogens with zero attached hydrogens (tertiary/aromatic N) is 1. The van der Waals surface area contributed by atoms with Gasteiger partial charge in [0.2, 0.25) is 0 Å². The van der Waals surface area contributed by atoms with E-state index in [1.54, 1.807) is 7.11 Å². The maximum absolute atomic E-state index is 12.4. The number of methoxy groups -OCH3 is 1. The molecule has 0 bridgehead atoms. The van der Waals surface area contributed by atoms with Gasteiger partial charge in [-0.3, -0.25) is 4.79 Å². The number of benzene rings is 2. The Morgan fingerprint density at radius 1 is 1.17 bits per heavy atom. The van der Waals surface area contributed by atoms with Crippen molar-refractivity contribution in [2.45, 2.75) is 6.54 Å². The Hall–Kier alpha value is -2.11. The molecule has 3 rings (SSSR count). The zero-order valence-electron chi connectivity index (χ0n) is 14.4. The summed E-state index contributed by atoms with van der Waals surface area (Å²) in [6.07, 6.45) is 0. The number of likely N-dealkylation sites (N-methyl/N-ethyl adjacent to an activating group) is 1. The van der Waals surface area contributed by atoms with Crippen LogP contribution in [0.4, 0.5) is 0 Å². The SMILES string of the molecule is COc1ccc2cc(CN(C)C(=O)C[NH+]3CCOCC3)ccc2c1. The maximum Gasteiger partial charge on any atom is 0.277 e. The molecule has 0 saturated carbocycles. The van der Waals surface area contributed by atoms with Crippen molar-refractivity contribution in [3.8, 4) is 5.75 Å². The van der Waals surface area contributed by atoms with Gasteiger partial charge in [0.1, 0.15) is 18.8 Å². The summed E-state index contributed by atoms with van der Waals surface area (Å²) < 4.78 is 10.6. The number of amides is 1. The molecule has 0 aromatic heterocycles. The predicted octanol–water partition coefficient (Wildman–Crippen LogP) is 0.722. The molecule has 1 saturated heterocycles. The van der Waals surface area contributed by atoms with E-state index in [4.69, 9.17) is 9.47 Å². The highest BCUT2D eigenvalue weighted by Crippen LogP contribution is 2.22. The smallest absolute Gasteiger partial charge is 0.277 e. The van der Waals surface area contributed by atoms with Gasteiger partial charge in [-0.05, 0) is 34.5 Å². The number of ether oxygens (including phenoxy) is 2. The van der Waals surface area contributed by atoms with E-state index in [1.807, 2.05) is 24.1 Å². The summed E-state index contributed by atoms with van der Waals surface area (Å²) in [5, 5.41) is 2.30. The first kappa shape index (κ1) is 16.7. The van der Waals surface area contributed by atoms with E-state index in [9.17, 15) is 4.79 Å². The lowest BCUT2D eigenvalue weighted by atomic mass is 10.1. The summed E-state index contributed by atoms with van der Waals surface area (Å²) in [5.74, 6) is 1.04. The molecular weight excluding hydrogens is 304 g/mol. The fourth-order valence-corrected chi connectivity index (χ4v) is 3.05. The first-order valence-electron chi connectivity index (χ1n) is 8.37. The van der Waals surface area contributed by atoms with Crippen LogP contribution in [0.2, 0.25) is 0 Å². The lowest BCUT2D eigenvalue weighted by molar-refractivity contribution is -0.900. The van der Waals surface area contributed by atoms with Gasteiger partial charge in [0.05, 0.1) is 20.3 Å². The summed E-state index contributed by atoms with van der Waals surface area (Å²) in [6.45, 7) is 4.50. The third-order valence-electron chi connectivity index (χ3n) is 4.56. The molecule has 0 spiro atoms. The Balaban J connectivity index is 1.63. The Labute approximate surface area is 142 Å². The fourth-order valence-electron chi connectivity index (χ4n) is 3.05. The molecule has 0 radical (unpaired) electrons. The number of hydrogen-bond acceptors (Lipinski definition) is 3. The van der Waals surface area contributed by atoms with Gasteiger partial charge in [-0.15, -0.1) is 0 Å². The molecule has 5 heteroatoms. The van der Waals surface area contributed by atoms with Crippen LogP contribution >= 0.6 is 0 Å². The Bertz CT molecular complexity index is 711. The van der Waals surface area contributed by atoms with Gasteiger partial charge in [-0.1, -0.05) is 18.2 Å². The lowest BCUT2D eigenvalue weighted by Crippen LogP contribution is -3.15. The molecule has 128 valence electrons. The number of hydrogen-bond donors (Lipinski definition) is 1. The first-order chi connectivity index (χ1) is 11.7. The molecule has 24 heavy (non-hydrogen) atoms. The number of nitrogens with one attached hydrogen (secondary N) is 1. The molecule has 1 aliphatic heterocycles. The van der Waals surface area contributed by atoms with Crippen LogP contribution in [0.3, 0.4) is 0 Å². The third-order valence-corrected chi connectivity index (χ3v) is 4.56. The highest BCUT2D eigenvalue weighted by molar-refractivity contribution is 5.84. The van der Waals surface area contributed by atoms with Crippen LogP contribution < -0.4 is 9.64 Å². The van der Waals surface area contributed by atoms with Crippen LogP contribution in [0.15, 0.2) is 36.4 Å². The standard InChI is InChI=1S/C19H24N2O3/c1-20(19(22)14-21-7-9-24-10-8-21)13-15-3-4-17-12-18(23-2)6-5-16(17)11-15/h3-6,11-12H,7-10,13-14H2,1-2H3/p+1. The minimum absolute atomic E-state index is 0.182. The normalized spacial score (nSPS) is 15.4. The van der Waals surface area contributed by atoms with Gasteiger partial charge < -0.3 is 19.3 Å². The van der Waals surface area contributed by atoms with E-state index >= 15 is 0 Å². The lowest BCUT2D eigenvalue weighted by Gasteiger charge is -2.25. The van der Waals surface area contributed by atoms with Crippen molar-refractivity contribution in [3.05, 3.63) is 42.0 Å². The molecule has 5 nitrogen and oxygen atoms in total. The molecule has 1 heterocycles. The average Bonchev–Trinajstić information content (AvgIpc) is 2.62. The topological polar surface area (TPSA) is 43.2 Å². The zero-order valence-corrected chi connectivity index (χ0v) is 14.4. The molecule has 2 aromatic carbocycles. The van der Waals surface area contributed by atoms with E-state index < -0.39 is 0 Å². The van der Waals surface area contributed by atoms with E-state index in [0.717, 1.165) is 48.4 Å². The Kier molecular flexibility index (Phi) is 5.33. The summed E-state index contributed by atoms with van der Waals surface area (Å²) in [6, 6.07) is 12.3. The molecule has 0 unspecified atom stereocenters. The second-order valence-electron chi connectivity index (χ2n) is 6.34. The van der Waals surface area contributed by atoms with E-state index in [-0.39, 0.29) is 5.91 Å². The van der Waals surface area contributed by atoms with E-state index in [0.29, 0.717) is 13.1 Å². The van der Waals surface area contributed by atoms with Crippen LogP contribution in [-0.2, 0) is 16.1 Å². The quantitative estimate of drug-likeness (QED) is 0.879. The molecular formula is C19H25N2O3+. The van der Waals surface area contributed by atoms with Crippen LogP contribution in [0.25, 0.3) is 10.8 Å². The number of quaternary nitrogens is 1. The molecule has 0 atom stereocenters. The summed E-state index contributed by atoms with van der Waals surface area (Å²) in [4.78, 5) is 15.5. The van der Waals surface area contributed by atoms with Gasteiger partial charge in [-0.25, -0.2) is 0 Å². The minimum Gasteiger partial charge on any atom is -0.497 e. The van der Waals surface area contributed by atoms with Gasteiger partial charge in [-0.2, -0.15) is 0 Å². The van der Waals surface area contributed by atoms with Crippen LogP contribution in [0.1, 0.15) is 5.56 Å². The van der Waals surface area contributed by atoms with Crippen molar-refractivity contribution in [2.24, 2.45) is 0 Å². The van der Waals surface area contributed by atoms with Crippen molar-refractivity contribution in [1.82, 2.24) is 4.90 Å². The highest BCUT2D eigenvalue weighted by Gasteiger charge is 2.20. The van der Waals surface area contributed by atoms with Crippen molar-refractivity contribution in [1.29, 1.82) is 0 Å². The van der Waals surface area contributed by atoms with Crippen LogP contribution in [0.5, 0.6) is 5.75 Å². The molecule has 1 fully saturated rings. The van der Waals surface area contributed by atoms with E-state index in [1.165, 1.54) is 4.90 Å². The molecule has 1 N–H and O–H groups in total. The molecule has 1 amide bonds. The van der Waals surface area contributed by atoms with Gasteiger partial charge in [0, 0.05) is 13.6 Å². The van der Waals surface area contributed by atoms with Crippen LogP contribution in [0, 0.1) is 0 Å². The largest absolute Gasteiger partial charge is 0.497 e. The summed E-state index contributed by atoms with van der Waals surface area (Å²) >= 11 is 0. The number of rotatable bonds is 5. The number of carbonyl (C=O) groups excluding carboxylic acids is 1. The average molecular weight is 329 g/mol. The van der Waals surface area contributed by atoms with Crippen molar-refractivity contribution in [3.63, 3.8) is 0 Å². The van der Waals surface area contributed by atoms with Gasteiger partial charge in [0.25, 0.3) is 5.91 Å². The predicted molar refractivity (Wildman–Crippen MR) is 93.4 cm³/mol. The molecule has 0 aliphatic carbocycles. The van der Waals surface area contributed by atoms with E-state index in [2.05, 4.69) is 24.3 Å². The number of carbonyl (C=O) groups is 1. The number of morpholine rings is 1. The maximum atomic E-state index is 12.4. The minimum atomic E-state index is 0.182. The summed E-state index contributed by atoms with van der Waals surface area (Å²) in [5.41, 5.74) is 1.14. The second kappa shape index (κ2) is 7.64.